The Morgan fingerprint density at radius 1 is 1.43 bits per heavy atom. The zero-order valence-corrected chi connectivity index (χ0v) is 12.0. The van der Waals surface area contributed by atoms with Crippen LogP contribution in [0.1, 0.15) is 41.8 Å². The van der Waals surface area contributed by atoms with Crippen molar-refractivity contribution in [2.45, 2.75) is 26.4 Å². The van der Waals surface area contributed by atoms with Gasteiger partial charge in [0.25, 0.3) is 5.89 Å². The predicted octanol–water partition coefficient (Wildman–Crippen LogP) is 2.26. The number of methoxy groups -OCH3 is 1. The molecule has 1 heterocycles. The highest BCUT2D eigenvalue weighted by Crippen LogP contribution is 2.29. The summed E-state index contributed by atoms with van der Waals surface area (Å²) in [7, 11) is 1.40. The van der Waals surface area contributed by atoms with Crippen LogP contribution in [0, 0.1) is 0 Å². The topological polar surface area (TPSA) is 94.7 Å². The van der Waals surface area contributed by atoms with Gasteiger partial charge in [-0.15, -0.1) is 0 Å². The first-order valence-corrected chi connectivity index (χ1v) is 6.38. The van der Waals surface area contributed by atoms with Crippen LogP contribution in [0.3, 0.4) is 0 Å². The highest BCUT2D eigenvalue weighted by atomic mass is 16.6. The van der Waals surface area contributed by atoms with Crippen molar-refractivity contribution in [1.82, 2.24) is 10.1 Å². The molecular formula is C14H16N2O5. The molecular weight excluding hydrogens is 276 g/mol. The zero-order chi connectivity index (χ0) is 15.4. The van der Waals surface area contributed by atoms with Gasteiger partial charge in [0.1, 0.15) is 5.56 Å². The van der Waals surface area contributed by atoms with Crippen molar-refractivity contribution in [2.24, 2.45) is 0 Å². The summed E-state index contributed by atoms with van der Waals surface area (Å²) in [5.41, 5.74) is 0.0120. The van der Waals surface area contributed by atoms with Gasteiger partial charge in [-0.05, 0) is 12.1 Å². The average molecular weight is 292 g/mol. The van der Waals surface area contributed by atoms with E-state index >= 15 is 0 Å². The third-order valence-electron chi connectivity index (χ3n) is 2.77. The lowest BCUT2D eigenvalue weighted by Crippen LogP contribution is -2.06. The first-order valence-electron chi connectivity index (χ1n) is 6.38. The number of carbonyl (C=O) groups excluding carboxylic acids is 1. The van der Waals surface area contributed by atoms with Gasteiger partial charge in [-0.25, -0.2) is 4.79 Å². The summed E-state index contributed by atoms with van der Waals surface area (Å²) >= 11 is 0. The number of hydrogen-bond donors (Lipinski definition) is 1. The SMILES string of the molecule is COc1cccc(C(=O)OCc2nc(C(C)C)no2)c1O. The van der Waals surface area contributed by atoms with Crippen LogP contribution in [-0.4, -0.2) is 28.3 Å². The molecule has 0 aliphatic rings. The fourth-order valence-electron chi connectivity index (χ4n) is 1.62. The fourth-order valence-corrected chi connectivity index (χ4v) is 1.62. The van der Waals surface area contributed by atoms with E-state index in [-0.39, 0.29) is 35.5 Å². The Balaban J connectivity index is 2.04. The van der Waals surface area contributed by atoms with E-state index in [1.165, 1.54) is 13.2 Å². The normalized spacial score (nSPS) is 10.7. The molecule has 0 saturated carbocycles. The van der Waals surface area contributed by atoms with Gasteiger partial charge in [-0.1, -0.05) is 25.1 Å². The van der Waals surface area contributed by atoms with Gasteiger partial charge in [0, 0.05) is 5.92 Å². The number of carbonyl (C=O) groups is 1. The fraction of sp³-hybridized carbons (Fsp3) is 0.357. The number of benzene rings is 1. The molecule has 0 spiro atoms. The van der Waals surface area contributed by atoms with Gasteiger partial charge >= 0.3 is 5.97 Å². The summed E-state index contributed by atoms with van der Waals surface area (Å²) < 4.78 is 14.9. The van der Waals surface area contributed by atoms with E-state index in [1.807, 2.05) is 13.8 Å². The lowest BCUT2D eigenvalue weighted by atomic mass is 10.2. The minimum absolute atomic E-state index is 0.0120. The van der Waals surface area contributed by atoms with E-state index in [9.17, 15) is 9.90 Å². The second-order valence-corrected chi connectivity index (χ2v) is 4.63. The van der Waals surface area contributed by atoms with Crippen LogP contribution in [0.15, 0.2) is 22.7 Å². The Morgan fingerprint density at radius 2 is 2.19 bits per heavy atom. The number of rotatable bonds is 5. The molecule has 1 aromatic carbocycles. The second-order valence-electron chi connectivity index (χ2n) is 4.63. The molecule has 0 atom stereocenters. The first kappa shape index (κ1) is 14.8. The van der Waals surface area contributed by atoms with Gasteiger partial charge < -0.3 is 19.1 Å². The quantitative estimate of drug-likeness (QED) is 0.844. The summed E-state index contributed by atoms with van der Waals surface area (Å²) in [5.74, 6) is 0.110. The summed E-state index contributed by atoms with van der Waals surface area (Å²) in [6, 6.07) is 4.56. The van der Waals surface area contributed by atoms with E-state index in [2.05, 4.69) is 10.1 Å². The number of phenols is 1. The van der Waals surface area contributed by atoms with Crippen molar-refractivity contribution < 1.29 is 23.9 Å². The molecule has 1 N–H and O–H groups in total. The number of nitrogens with zero attached hydrogens (tertiary/aromatic N) is 2. The van der Waals surface area contributed by atoms with Crippen LogP contribution in [0.25, 0.3) is 0 Å². The Bertz CT molecular complexity index is 636. The molecule has 21 heavy (non-hydrogen) atoms. The minimum Gasteiger partial charge on any atom is -0.504 e. The van der Waals surface area contributed by atoms with Gasteiger partial charge in [0.05, 0.1) is 7.11 Å². The van der Waals surface area contributed by atoms with Gasteiger partial charge in [-0.3, -0.25) is 0 Å². The van der Waals surface area contributed by atoms with Crippen LogP contribution >= 0.6 is 0 Å². The molecule has 0 saturated heterocycles. The Hall–Kier alpha value is -2.57. The zero-order valence-electron chi connectivity index (χ0n) is 12.0. The van der Waals surface area contributed by atoms with Crippen molar-refractivity contribution in [3.05, 3.63) is 35.5 Å². The van der Waals surface area contributed by atoms with Crippen molar-refractivity contribution in [1.29, 1.82) is 0 Å². The molecule has 0 radical (unpaired) electrons. The molecule has 0 aliphatic heterocycles. The van der Waals surface area contributed by atoms with Crippen molar-refractivity contribution in [2.75, 3.05) is 7.11 Å². The van der Waals surface area contributed by atoms with Crippen molar-refractivity contribution >= 4 is 5.97 Å². The van der Waals surface area contributed by atoms with Crippen molar-refractivity contribution in [3.8, 4) is 11.5 Å². The molecule has 7 nitrogen and oxygen atoms in total. The summed E-state index contributed by atoms with van der Waals surface area (Å²) in [5, 5.41) is 13.6. The third kappa shape index (κ3) is 3.31. The van der Waals surface area contributed by atoms with Gasteiger partial charge in [-0.2, -0.15) is 4.98 Å². The monoisotopic (exact) mass is 292 g/mol. The Kier molecular flexibility index (Phi) is 4.42. The van der Waals surface area contributed by atoms with E-state index in [4.69, 9.17) is 14.0 Å². The molecule has 0 fully saturated rings. The number of esters is 1. The largest absolute Gasteiger partial charge is 0.504 e. The molecule has 0 bridgehead atoms. The van der Waals surface area contributed by atoms with E-state index < -0.39 is 5.97 Å². The van der Waals surface area contributed by atoms with Crippen LogP contribution < -0.4 is 4.74 Å². The highest BCUT2D eigenvalue weighted by Gasteiger charge is 2.18. The van der Waals surface area contributed by atoms with Crippen LogP contribution in [0.4, 0.5) is 0 Å². The maximum absolute atomic E-state index is 11.9. The van der Waals surface area contributed by atoms with Crippen LogP contribution in [0.5, 0.6) is 11.5 Å². The molecule has 112 valence electrons. The second kappa shape index (κ2) is 6.25. The molecule has 2 aromatic rings. The number of aromatic nitrogens is 2. The van der Waals surface area contributed by atoms with Crippen LogP contribution in [0.2, 0.25) is 0 Å². The summed E-state index contributed by atoms with van der Waals surface area (Å²) in [6.07, 6.45) is 0. The highest BCUT2D eigenvalue weighted by molar-refractivity contribution is 5.93. The number of ether oxygens (including phenoxy) is 2. The molecule has 0 unspecified atom stereocenters. The first-order chi connectivity index (χ1) is 10.0. The standard InChI is InChI=1S/C14H16N2O5/c1-8(2)13-15-11(21-16-13)7-20-14(18)9-5-4-6-10(19-3)12(9)17/h4-6,8,17H,7H2,1-3H3. The van der Waals surface area contributed by atoms with Gasteiger partial charge in [0.2, 0.25) is 0 Å². The van der Waals surface area contributed by atoms with E-state index in [0.717, 1.165) is 0 Å². The van der Waals surface area contributed by atoms with E-state index in [1.54, 1.807) is 12.1 Å². The molecule has 0 aliphatic carbocycles. The molecule has 1 aromatic heterocycles. The maximum Gasteiger partial charge on any atom is 0.342 e. The third-order valence-corrected chi connectivity index (χ3v) is 2.77. The number of hydrogen-bond acceptors (Lipinski definition) is 7. The Labute approximate surface area is 121 Å². The number of aromatic hydroxyl groups is 1. The molecule has 2 rings (SSSR count). The lowest BCUT2D eigenvalue weighted by molar-refractivity contribution is 0.0426. The van der Waals surface area contributed by atoms with E-state index in [0.29, 0.717) is 5.82 Å². The smallest absolute Gasteiger partial charge is 0.342 e. The molecule has 0 amide bonds. The predicted molar refractivity (Wildman–Crippen MR) is 72.2 cm³/mol. The minimum atomic E-state index is -0.698. The average Bonchev–Trinajstić information content (AvgIpc) is 2.94. The lowest BCUT2D eigenvalue weighted by Gasteiger charge is -2.07. The van der Waals surface area contributed by atoms with Crippen LogP contribution in [-0.2, 0) is 11.3 Å². The maximum atomic E-state index is 11.9. The summed E-state index contributed by atoms with van der Waals surface area (Å²) in [6.45, 7) is 3.69. The van der Waals surface area contributed by atoms with Crippen molar-refractivity contribution in [3.63, 3.8) is 0 Å². The van der Waals surface area contributed by atoms with Gasteiger partial charge in [0.15, 0.2) is 23.9 Å². The Morgan fingerprint density at radius 3 is 2.81 bits per heavy atom. The number of para-hydroxylation sites is 1. The molecule has 7 heteroatoms. The summed E-state index contributed by atoms with van der Waals surface area (Å²) in [4.78, 5) is 16.0. The number of phenolic OH excluding ortho intramolecular Hbond substituents is 1.